The Hall–Kier alpha value is -1.60. The van der Waals surface area contributed by atoms with Crippen molar-refractivity contribution in [1.82, 2.24) is 9.80 Å². The number of rotatable bonds is 7. The fourth-order valence-electron chi connectivity index (χ4n) is 3.44. The maximum atomic E-state index is 13.2. The number of hydrogen-bond donors (Lipinski definition) is 0. The van der Waals surface area contributed by atoms with Crippen LogP contribution in [0.2, 0.25) is 0 Å². The van der Waals surface area contributed by atoms with Crippen LogP contribution < -0.4 is 0 Å². The maximum absolute atomic E-state index is 13.2. The van der Waals surface area contributed by atoms with E-state index in [9.17, 15) is 9.59 Å². The second kappa shape index (κ2) is 9.74. The second-order valence-corrected chi connectivity index (χ2v) is 8.60. The van der Waals surface area contributed by atoms with Crippen LogP contribution in [-0.2, 0) is 20.7 Å². The molecule has 0 fully saturated rings. The molecule has 0 aliphatic carbocycles. The Morgan fingerprint density at radius 1 is 1.29 bits per heavy atom. The van der Waals surface area contributed by atoms with Crippen molar-refractivity contribution in [3.8, 4) is 0 Å². The van der Waals surface area contributed by atoms with Crippen LogP contribution in [0.3, 0.4) is 0 Å². The monoisotopic (exact) mass is 440 g/mol. The number of alkyl halides is 2. The lowest BCUT2D eigenvalue weighted by Gasteiger charge is -2.37. The van der Waals surface area contributed by atoms with Gasteiger partial charge in [0, 0.05) is 25.1 Å². The molecule has 1 aromatic carbocycles. The molecule has 8 heteroatoms. The highest BCUT2D eigenvalue weighted by molar-refractivity contribution is 7.10. The predicted molar refractivity (Wildman–Crippen MR) is 112 cm³/mol. The van der Waals surface area contributed by atoms with Gasteiger partial charge in [0.1, 0.15) is 0 Å². The third-order valence-electron chi connectivity index (χ3n) is 4.79. The number of benzene rings is 1. The van der Waals surface area contributed by atoms with Gasteiger partial charge in [-0.2, -0.15) is 0 Å². The molecular weight excluding hydrogens is 419 g/mol. The molecule has 150 valence electrons. The highest BCUT2D eigenvalue weighted by atomic mass is 35.5. The summed E-state index contributed by atoms with van der Waals surface area (Å²) >= 11 is 13.2. The summed E-state index contributed by atoms with van der Waals surface area (Å²) in [5.41, 5.74) is 2.20. The molecule has 1 atom stereocenters. The summed E-state index contributed by atoms with van der Waals surface area (Å²) in [7, 11) is 1.54. The first-order chi connectivity index (χ1) is 13.5. The van der Waals surface area contributed by atoms with Crippen molar-refractivity contribution < 1.29 is 14.3 Å². The summed E-state index contributed by atoms with van der Waals surface area (Å²) in [6.45, 7) is 1.07. The first kappa shape index (κ1) is 21.1. The molecule has 1 aliphatic rings. The molecular formula is C20H22Cl2N2O3S. The van der Waals surface area contributed by atoms with E-state index < -0.39 is 10.7 Å². The second-order valence-electron chi connectivity index (χ2n) is 6.50. The van der Waals surface area contributed by atoms with Crippen molar-refractivity contribution in [2.75, 3.05) is 33.4 Å². The molecule has 2 aromatic rings. The van der Waals surface area contributed by atoms with Crippen molar-refractivity contribution in [2.45, 2.75) is 17.3 Å². The number of ether oxygens (including phenoxy) is 1. The standard InChI is InChI=1S/C20H22Cl2N2O3S/c1-27-11-10-23(20(26)19(21)22)13-17(25)24-9-7-16-15(8-12-28-16)18(24)14-5-3-2-4-6-14/h2-6,8,12,18-19H,7,9-11,13H2,1H3. The molecule has 0 N–H and O–H groups in total. The molecule has 3 rings (SSSR count). The van der Waals surface area contributed by atoms with Gasteiger partial charge in [0.15, 0.2) is 4.84 Å². The zero-order valence-corrected chi connectivity index (χ0v) is 17.8. The van der Waals surface area contributed by atoms with Gasteiger partial charge in [0.25, 0.3) is 5.91 Å². The summed E-state index contributed by atoms with van der Waals surface area (Å²) in [5, 5.41) is 2.06. The van der Waals surface area contributed by atoms with Crippen LogP contribution >= 0.6 is 34.5 Å². The lowest BCUT2D eigenvalue weighted by molar-refractivity contribution is -0.141. The van der Waals surface area contributed by atoms with Gasteiger partial charge in [-0.1, -0.05) is 53.5 Å². The molecule has 1 aliphatic heterocycles. The summed E-state index contributed by atoms with van der Waals surface area (Å²) in [6, 6.07) is 11.9. The van der Waals surface area contributed by atoms with E-state index in [1.807, 2.05) is 35.2 Å². The molecule has 1 unspecified atom stereocenters. The average molecular weight is 441 g/mol. The van der Waals surface area contributed by atoms with Crippen LogP contribution in [0, 0.1) is 0 Å². The van der Waals surface area contributed by atoms with Gasteiger partial charge in [-0.3, -0.25) is 9.59 Å². The predicted octanol–water partition coefficient (Wildman–Crippen LogP) is 3.50. The van der Waals surface area contributed by atoms with E-state index in [-0.39, 0.29) is 25.0 Å². The first-order valence-electron chi connectivity index (χ1n) is 8.99. The third-order valence-corrected chi connectivity index (χ3v) is 6.16. The Morgan fingerprint density at radius 3 is 2.71 bits per heavy atom. The van der Waals surface area contributed by atoms with Gasteiger partial charge in [-0.25, -0.2) is 0 Å². The van der Waals surface area contributed by atoms with E-state index in [2.05, 4.69) is 11.4 Å². The Labute approximate surface area is 178 Å². The first-order valence-corrected chi connectivity index (χ1v) is 10.7. The third kappa shape index (κ3) is 4.69. The molecule has 0 radical (unpaired) electrons. The minimum atomic E-state index is -1.21. The van der Waals surface area contributed by atoms with Crippen LogP contribution in [0.5, 0.6) is 0 Å². The van der Waals surface area contributed by atoms with Gasteiger partial charge in [0.05, 0.1) is 19.2 Å². The van der Waals surface area contributed by atoms with Gasteiger partial charge in [-0.05, 0) is 29.0 Å². The van der Waals surface area contributed by atoms with Crippen LogP contribution in [0.1, 0.15) is 22.0 Å². The van der Waals surface area contributed by atoms with E-state index >= 15 is 0 Å². The summed E-state index contributed by atoms with van der Waals surface area (Å²) in [5.74, 6) is -0.623. The summed E-state index contributed by atoms with van der Waals surface area (Å²) < 4.78 is 5.05. The van der Waals surface area contributed by atoms with Crippen LogP contribution in [0.25, 0.3) is 0 Å². The number of carbonyl (C=O) groups is 2. The summed E-state index contributed by atoms with van der Waals surface area (Å²) in [4.78, 5) is 28.8. The van der Waals surface area contributed by atoms with Crippen LogP contribution in [-0.4, -0.2) is 59.8 Å². The molecule has 0 bridgehead atoms. The van der Waals surface area contributed by atoms with E-state index in [4.69, 9.17) is 27.9 Å². The minimum Gasteiger partial charge on any atom is -0.383 e. The molecule has 1 aromatic heterocycles. The number of nitrogens with zero attached hydrogens (tertiary/aromatic N) is 2. The van der Waals surface area contributed by atoms with Gasteiger partial charge in [0.2, 0.25) is 5.91 Å². The number of fused-ring (bicyclic) bond motifs is 1. The molecule has 0 spiro atoms. The maximum Gasteiger partial charge on any atom is 0.256 e. The normalized spacial score (nSPS) is 16.1. The highest BCUT2D eigenvalue weighted by Gasteiger charge is 2.34. The Kier molecular flexibility index (Phi) is 7.35. The van der Waals surface area contributed by atoms with Crippen LogP contribution in [0.15, 0.2) is 41.8 Å². The quantitative estimate of drug-likeness (QED) is 0.618. The topological polar surface area (TPSA) is 49.9 Å². The SMILES string of the molecule is COCCN(CC(=O)N1CCc2sccc2C1c1ccccc1)C(=O)C(Cl)Cl. The van der Waals surface area contributed by atoms with E-state index in [1.165, 1.54) is 16.9 Å². The molecule has 0 saturated carbocycles. The average Bonchev–Trinajstić information content (AvgIpc) is 3.19. The van der Waals surface area contributed by atoms with E-state index in [0.29, 0.717) is 13.2 Å². The van der Waals surface area contributed by atoms with Crippen molar-refractivity contribution in [3.63, 3.8) is 0 Å². The van der Waals surface area contributed by atoms with Gasteiger partial charge < -0.3 is 14.5 Å². The van der Waals surface area contributed by atoms with E-state index in [1.54, 1.807) is 11.3 Å². The Bertz CT molecular complexity index is 813. The molecule has 28 heavy (non-hydrogen) atoms. The molecule has 2 heterocycles. The van der Waals surface area contributed by atoms with Crippen LogP contribution in [0.4, 0.5) is 0 Å². The Balaban J connectivity index is 1.85. The fourth-order valence-corrected chi connectivity index (χ4v) is 4.62. The Morgan fingerprint density at radius 2 is 2.04 bits per heavy atom. The molecule has 2 amide bonds. The smallest absolute Gasteiger partial charge is 0.256 e. The van der Waals surface area contributed by atoms with Crippen molar-refractivity contribution in [3.05, 3.63) is 57.8 Å². The van der Waals surface area contributed by atoms with Gasteiger partial charge >= 0.3 is 0 Å². The number of methoxy groups -OCH3 is 1. The van der Waals surface area contributed by atoms with Crippen molar-refractivity contribution >= 4 is 46.4 Å². The zero-order valence-electron chi connectivity index (χ0n) is 15.5. The number of thiophene rings is 1. The zero-order chi connectivity index (χ0) is 20.1. The van der Waals surface area contributed by atoms with Gasteiger partial charge in [-0.15, -0.1) is 11.3 Å². The number of amides is 2. The molecule has 0 saturated heterocycles. The minimum absolute atomic E-state index is 0.0824. The summed E-state index contributed by atoms with van der Waals surface area (Å²) in [6.07, 6.45) is 0.807. The number of carbonyl (C=O) groups excluding carboxylic acids is 2. The lowest BCUT2D eigenvalue weighted by atomic mass is 9.93. The van der Waals surface area contributed by atoms with E-state index in [0.717, 1.165) is 17.5 Å². The van der Waals surface area contributed by atoms with Crippen molar-refractivity contribution in [1.29, 1.82) is 0 Å². The number of halogens is 2. The highest BCUT2D eigenvalue weighted by Crippen LogP contribution is 2.37. The van der Waals surface area contributed by atoms with Crippen molar-refractivity contribution in [2.24, 2.45) is 0 Å². The molecule has 5 nitrogen and oxygen atoms in total. The lowest BCUT2D eigenvalue weighted by Crippen LogP contribution is -2.48. The fraction of sp³-hybridized carbons (Fsp3) is 0.400. The largest absolute Gasteiger partial charge is 0.383 e. The number of hydrogen-bond acceptors (Lipinski definition) is 4.